The van der Waals surface area contributed by atoms with E-state index in [1.165, 1.54) is 16.8 Å². The summed E-state index contributed by atoms with van der Waals surface area (Å²) in [6.45, 7) is 17.6. The average molecular weight is 432 g/mol. The van der Waals surface area contributed by atoms with Crippen molar-refractivity contribution in [3.63, 3.8) is 0 Å². The highest BCUT2D eigenvalue weighted by Crippen LogP contribution is 2.26. The van der Waals surface area contributed by atoms with Crippen molar-refractivity contribution >= 4 is 11.5 Å². The Bertz CT molecular complexity index is 957. The van der Waals surface area contributed by atoms with Gasteiger partial charge in [-0.3, -0.25) is 9.88 Å². The zero-order valence-corrected chi connectivity index (χ0v) is 19.0. The van der Waals surface area contributed by atoms with Gasteiger partial charge in [-0.1, -0.05) is 18.7 Å². The van der Waals surface area contributed by atoms with E-state index in [0.29, 0.717) is 11.6 Å². The van der Waals surface area contributed by atoms with Crippen LogP contribution in [0.2, 0.25) is 0 Å². The van der Waals surface area contributed by atoms with E-state index in [-0.39, 0.29) is 0 Å². The van der Waals surface area contributed by atoms with Crippen LogP contribution < -0.4 is 15.0 Å². The third kappa shape index (κ3) is 5.41. The van der Waals surface area contributed by atoms with E-state index in [2.05, 4.69) is 49.7 Å². The fourth-order valence-electron chi connectivity index (χ4n) is 4.69. The summed E-state index contributed by atoms with van der Waals surface area (Å²) in [6.07, 6.45) is 6.06. The second kappa shape index (κ2) is 10.5. The van der Waals surface area contributed by atoms with Crippen LogP contribution in [0, 0.1) is 12.5 Å². The number of benzene rings is 1. The Hall–Kier alpha value is -3.04. The summed E-state index contributed by atoms with van der Waals surface area (Å²) in [5.41, 5.74) is 4.63. The SMILES string of the molecule is [C-]#[N+]c1ccc(N2CCC(C(=C)NCCCN3CCc4cc(OC)ccc4C3)CC2)nc1. The Kier molecular flexibility index (Phi) is 7.28. The lowest BCUT2D eigenvalue weighted by Gasteiger charge is -2.34. The molecule has 168 valence electrons. The van der Waals surface area contributed by atoms with Crippen molar-refractivity contribution in [1.29, 1.82) is 0 Å². The number of nitrogens with zero attached hydrogens (tertiary/aromatic N) is 4. The molecular formula is C26H33N5O. The molecule has 0 aliphatic carbocycles. The third-order valence-corrected chi connectivity index (χ3v) is 6.68. The molecule has 0 radical (unpaired) electrons. The van der Waals surface area contributed by atoms with Gasteiger partial charge in [0.05, 0.1) is 13.7 Å². The summed E-state index contributed by atoms with van der Waals surface area (Å²) in [6, 6.07) is 10.3. The van der Waals surface area contributed by atoms with Gasteiger partial charge in [-0.15, -0.1) is 0 Å². The molecule has 2 aliphatic heterocycles. The number of methoxy groups -OCH3 is 1. The average Bonchev–Trinajstić information content (AvgIpc) is 2.86. The van der Waals surface area contributed by atoms with Crippen molar-refractivity contribution in [1.82, 2.24) is 15.2 Å². The van der Waals surface area contributed by atoms with E-state index in [9.17, 15) is 0 Å². The summed E-state index contributed by atoms with van der Waals surface area (Å²) >= 11 is 0. The van der Waals surface area contributed by atoms with Gasteiger partial charge in [-0.25, -0.2) is 4.85 Å². The molecule has 0 bridgehead atoms. The Balaban J connectivity index is 1.15. The molecule has 0 unspecified atom stereocenters. The van der Waals surface area contributed by atoms with Crippen LogP contribution in [0.4, 0.5) is 11.5 Å². The van der Waals surface area contributed by atoms with Gasteiger partial charge in [0.2, 0.25) is 5.69 Å². The Labute approximate surface area is 191 Å². The highest BCUT2D eigenvalue weighted by atomic mass is 16.5. The van der Waals surface area contributed by atoms with E-state index in [1.807, 2.05) is 12.1 Å². The maximum Gasteiger partial charge on any atom is 0.205 e. The molecular weight excluding hydrogens is 398 g/mol. The van der Waals surface area contributed by atoms with Gasteiger partial charge in [-0.2, -0.15) is 0 Å². The van der Waals surface area contributed by atoms with Crippen LogP contribution in [-0.4, -0.2) is 49.7 Å². The van der Waals surface area contributed by atoms with Gasteiger partial charge < -0.3 is 15.0 Å². The highest BCUT2D eigenvalue weighted by Gasteiger charge is 2.22. The van der Waals surface area contributed by atoms with Gasteiger partial charge >= 0.3 is 0 Å². The molecule has 1 saturated heterocycles. The lowest BCUT2D eigenvalue weighted by atomic mass is 9.94. The fraction of sp³-hybridized carbons (Fsp3) is 0.462. The largest absolute Gasteiger partial charge is 0.497 e. The van der Waals surface area contributed by atoms with Crippen molar-refractivity contribution in [2.45, 2.75) is 32.2 Å². The minimum atomic E-state index is 0.519. The first-order valence-corrected chi connectivity index (χ1v) is 11.6. The van der Waals surface area contributed by atoms with Gasteiger partial charge in [0.1, 0.15) is 11.6 Å². The van der Waals surface area contributed by atoms with Crippen LogP contribution in [0.1, 0.15) is 30.4 Å². The molecule has 2 aliphatic rings. The Morgan fingerprint density at radius 3 is 2.78 bits per heavy atom. The molecule has 4 rings (SSSR count). The van der Waals surface area contributed by atoms with Crippen LogP contribution >= 0.6 is 0 Å². The van der Waals surface area contributed by atoms with Gasteiger partial charge in [0, 0.05) is 57.1 Å². The number of allylic oxidation sites excluding steroid dienone is 1. The molecule has 0 amide bonds. The quantitative estimate of drug-likeness (QED) is 0.496. The third-order valence-electron chi connectivity index (χ3n) is 6.68. The molecule has 0 atom stereocenters. The number of piperidine rings is 1. The first-order chi connectivity index (χ1) is 15.7. The molecule has 6 heteroatoms. The number of aromatic nitrogens is 1. The summed E-state index contributed by atoms with van der Waals surface area (Å²) < 4.78 is 5.35. The zero-order valence-electron chi connectivity index (χ0n) is 19.0. The lowest BCUT2D eigenvalue weighted by Crippen LogP contribution is -2.37. The standard InChI is InChI=1S/C26H33N5O/c1-20(21-10-15-31(16-11-21)26-8-6-24(27-2)18-29-26)28-12-4-13-30-14-9-22-17-25(32-3)7-5-23(22)19-30/h5-8,17-18,21,28H,1,4,9-16,19H2,3H3. The molecule has 32 heavy (non-hydrogen) atoms. The van der Waals surface area contributed by atoms with E-state index < -0.39 is 0 Å². The second-order valence-electron chi connectivity index (χ2n) is 8.71. The first kappa shape index (κ1) is 22.2. The first-order valence-electron chi connectivity index (χ1n) is 11.6. The summed E-state index contributed by atoms with van der Waals surface area (Å²) in [5.74, 6) is 2.45. The monoisotopic (exact) mass is 431 g/mol. The van der Waals surface area contributed by atoms with Crippen molar-refractivity contribution in [2.75, 3.05) is 44.7 Å². The number of ether oxygens (including phenoxy) is 1. The van der Waals surface area contributed by atoms with Gasteiger partial charge in [0.25, 0.3) is 0 Å². The molecule has 1 aromatic heterocycles. The zero-order chi connectivity index (χ0) is 22.3. The minimum Gasteiger partial charge on any atom is -0.497 e. The number of hydrogen-bond donors (Lipinski definition) is 1. The number of nitrogens with one attached hydrogen (secondary N) is 1. The second-order valence-corrected chi connectivity index (χ2v) is 8.71. The predicted molar refractivity (Wildman–Crippen MR) is 129 cm³/mol. The summed E-state index contributed by atoms with van der Waals surface area (Å²) in [5, 5.41) is 3.59. The molecule has 0 spiro atoms. The van der Waals surface area contributed by atoms with E-state index in [4.69, 9.17) is 11.3 Å². The number of rotatable bonds is 8. The van der Waals surface area contributed by atoms with Crippen LogP contribution in [0.3, 0.4) is 0 Å². The van der Waals surface area contributed by atoms with Crippen LogP contribution in [0.5, 0.6) is 5.75 Å². The van der Waals surface area contributed by atoms with Crippen LogP contribution in [0.25, 0.3) is 4.85 Å². The van der Waals surface area contributed by atoms with E-state index in [0.717, 1.165) is 76.5 Å². The van der Waals surface area contributed by atoms with Crippen molar-refractivity contribution in [3.05, 3.63) is 71.3 Å². The molecule has 3 heterocycles. The fourth-order valence-corrected chi connectivity index (χ4v) is 4.69. The predicted octanol–water partition coefficient (Wildman–Crippen LogP) is 4.41. The van der Waals surface area contributed by atoms with Gasteiger partial charge in [0.15, 0.2) is 0 Å². The topological polar surface area (TPSA) is 45.0 Å². The normalized spacial score (nSPS) is 16.8. The number of anilines is 1. The summed E-state index contributed by atoms with van der Waals surface area (Å²) in [7, 11) is 1.73. The van der Waals surface area contributed by atoms with E-state index >= 15 is 0 Å². The lowest BCUT2D eigenvalue weighted by molar-refractivity contribution is 0.250. The van der Waals surface area contributed by atoms with Crippen molar-refractivity contribution in [3.8, 4) is 5.75 Å². The van der Waals surface area contributed by atoms with E-state index in [1.54, 1.807) is 13.3 Å². The molecule has 2 aromatic rings. The minimum absolute atomic E-state index is 0.519. The molecule has 1 N–H and O–H groups in total. The molecule has 6 nitrogen and oxygen atoms in total. The van der Waals surface area contributed by atoms with Crippen molar-refractivity contribution in [2.24, 2.45) is 5.92 Å². The molecule has 0 saturated carbocycles. The summed E-state index contributed by atoms with van der Waals surface area (Å²) in [4.78, 5) is 12.7. The highest BCUT2D eigenvalue weighted by molar-refractivity contribution is 5.49. The Morgan fingerprint density at radius 2 is 2.06 bits per heavy atom. The van der Waals surface area contributed by atoms with Crippen LogP contribution in [0.15, 0.2) is 48.8 Å². The van der Waals surface area contributed by atoms with Gasteiger partial charge in [-0.05, 0) is 55.0 Å². The maximum atomic E-state index is 7.05. The number of hydrogen-bond acceptors (Lipinski definition) is 5. The molecule has 1 aromatic carbocycles. The maximum absolute atomic E-state index is 7.05. The Morgan fingerprint density at radius 1 is 1.22 bits per heavy atom. The number of pyridine rings is 1. The molecule has 1 fully saturated rings. The smallest absolute Gasteiger partial charge is 0.205 e. The van der Waals surface area contributed by atoms with Crippen molar-refractivity contribution < 1.29 is 4.74 Å². The number of fused-ring (bicyclic) bond motifs is 1. The van der Waals surface area contributed by atoms with Crippen LogP contribution in [-0.2, 0) is 13.0 Å².